The molecule has 2 aromatic rings. The minimum Gasteiger partial charge on any atom is -0.354 e. The normalized spacial score (nSPS) is 10.1. The van der Waals surface area contributed by atoms with Crippen LogP contribution in [0.25, 0.3) is 10.8 Å². The number of carbonyl (C=O) groups excluding carboxylic acids is 1. The number of amides is 1. The third-order valence-corrected chi connectivity index (χ3v) is 2.75. The molecule has 1 aromatic carbocycles. The van der Waals surface area contributed by atoms with Gasteiger partial charge in [-0.25, -0.2) is 4.68 Å². The van der Waals surface area contributed by atoms with E-state index < -0.39 is 0 Å². The fourth-order valence-electron chi connectivity index (χ4n) is 1.83. The average molecular weight is 256 g/mol. The first kappa shape index (κ1) is 12.8. The summed E-state index contributed by atoms with van der Waals surface area (Å²) in [4.78, 5) is 24.0. The molecule has 19 heavy (non-hydrogen) atoms. The van der Waals surface area contributed by atoms with Crippen molar-refractivity contribution in [2.24, 2.45) is 0 Å². The smallest absolute Gasteiger partial charge is 0.274 e. The zero-order valence-corrected chi connectivity index (χ0v) is 10.4. The Balaban J connectivity index is 2.73. The molecule has 0 atom stereocenters. The molecule has 0 saturated carbocycles. The van der Waals surface area contributed by atoms with Crippen LogP contribution < -0.4 is 10.9 Å². The van der Waals surface area contributed by atoms with E-state index in [4.69, 9.17) is 5.26 Å². The Labute approximate surface area is 109 Å². The summed E-state index contributed by atoms with van der Waals surface area (Å²) in [5.41, 5.74) is -0.103. The molecule has 0 aliphatic rings. The summed E-state index contributed by atoms with van der Waals surface area (Å²) < 4.78 is 1.16. The number of benzene rings is 1. The maximum Gasteiger partial charge on any atom is 0.274 e. The largest absolute Gasteiger partial charge is 0.354 e. The Hall–Kier alpha value is -2.68. The molecular weight excluding hydrogens is 244 g/mol. The lowest BCUT2D eigenvalue weighted by molar-refractivity contribution is 0.0957. The lowest BCUT2D eigenvalue weighted by Crippen LogP contribution is -2.29. The highest BCUT2D eigenvalue weighted by molar-refractivity contribution is 6.04. The standard InChI is InChI=1S/C13H12N4O2/c1-15-12(18)11-9-5-2-3-6-10(9)13(19)17(16-11)8-4-7-14/h2-3,5-6H,4,8H2,1H3,(H,15,18). The number of aromatic nitrogens is 2. The van der Waals surface area contributed by atoms with Crippen molar-refractivity contribution in [2.75, 3.05) is 7.05 Å². The van der Waals surface area contributed by atoms with E-state index in [1.807, 2.05) is 6.07 Å². The molecule has 0 aliphatic carbocycles. The van der Waals surface area contributed by atoms with Gasteiger partial charge in [0.15, 0.2) is 5.69 Å². The second-order valence-electron chi connectivity index (χ2n) is 3.91. The molecule has 0 bridgehead atoms. The number of fused-ring (bicyclic) bond motifs is 1. The Morgan fingerprint density at radius 3 is 2.74 bits per heavy atom. The van der Waals surface area contributed by atoms with E-state index in [0.717, 1.165) is 4.68 Å². The summed E-state index contributed by atoms with van der Waals surface area (Å²) in [6.07, 6.45) is 0.165. The van der Waals surface area contributed by atoms with Crippen LogP contribution in [0.4, 0.5) is 0 Å². The maximum absolute atomic E-state index is 12.2. The molecule has 0 fully saturated rings. The van der Waals surface area contributed by atoms with Crippen molar-refractivity contribution in [1.82, 2.24) is 15.1 Å². The predicted molar refractivity (Wildman–Crippen MR) is 69.6 cm³/mol. The van der Waals surface area contributed by atoms with Crippen molar-refractivity contribution in [3.8, 4) is 6.07 Å². The zero-order valence-electron chi connectivity index (χ0n) is 10.4. The van der Waals surface area contributed by atoms with E-state index in [9.17, 15) is 9.59 Å². The van der Waals surface area contributed by atoms with Crippen LogP contribution in [0, 0.1) is 11.3 Å². The van der Waals surface area contributed by atoms with Crippen molar-refractivity contribution in [1.29, 1.82) is 5.26 Å². The number of nitrogens with one attached hydrogen (secondary N) is 1. The molecule has 6 heteroatoms. The van der Waals surface area contributed by atoms with Crippen LogP contribution in [0.5, 0.6) is 0 Å². The molecule has 0 aliphatic heterocycles. The van der Waals surface area contributed by atoms with Crippen LogP contribution in [0.2, 0.25) is 0 Å². The van der Waals surface area contributed by atoms with Gasteiger partial charge in [-0.1, -0.05) is 18.2 Å². The van der Waals surface area contributed by atoms with Gasteiger partial charge in [0, 0.05) is 12.4 Å². The predicted octanol–water partition coefficient (Wildman–Crippen LogP) is 0.670. The maximum atomic E-state index is 12.2. The quantitative estimate of drug-likeness (QED) is 0.874. The van der Waals surface area contributed by atoms with E-state index in [2.05, 4.69) is 10.4 Å². The van der Waals surface area contributed by atoms with Crippen LogP contribution >= 0.6 is 0 Å². The molecule has 0 saturated heterocycles. The SMILES string of the molecule is CNC(=O)c1nn(CCC#N)c(=O)c2ccccc12. The fourth-order valence-corrected chi connectivity index (χ4v) is 1.83. The van der Waals surface area contributed by atoms with Crippen molar-refractivity contribution in [3.05, 3.63) is 40.3 Å². The summed E-state index contributed by atoms with van der Waals surface area (Å²) in [5, 5.41) is 16.1. The molecule has 1 aromatic heterocycles. The van der Waals surface area contributed by atoms with Crippen molar-refractivity contribution < 1.29 is 4.79 Å². The second kappa shape index (κ2) is 5.31. The number of nitriles is 1. The van der Waals surface area contributed by atoms with Gasteiger partial charge in [0.05, 0.1) is 24.4 Å². The van der Waals surface area contributed by atoms with Crippen LogP contribution in [0.3, 0.4) is 0 Å². The van der Waals surface area contributed by atoms with E-state index in [0.29, 0.717) is 10.8 Å². The number of rotatable bonds is 3. The minimum absolute atomic E-state index is 0.165. The summed E-state index contributed by atoms with van der Waals surface area (Å²) >= 11 is 0. The number of aryl methyl sites for hydroxylation is 1. The molecule has 0 unspecified atom stereocenters. The molecule has 1 N–H and O–H groups in total. The van der Waals surface area contributed by atoms with Gasteiger partial charge in [0.1, 0.15) is 0 Å². The first-order valence-corrected chi connectivity index (χ1v) is 5.78. The highest BCUT2D eigenvalue weighted by Crippen LogP contribution is 2.13. The molecule has 96 valence electrons. The Kier molecular flexibility index (Phi) is 3.57. The summed E-state index contributed by atoms with van der Waals surface area (Å²) in [6, 6.07) is 8.76. The van der Waals surface area contributed by atoms with Crippen LogP contribution in [0.1, 0.15) is 16.9 Å². The number of nitrogens with zero attached hydrogens (tertiary/aromatic N) is 3. The Morgan fingerprint density at radius 2 is 2.11 bits per heavy atom. The lowest BCUT2D eigenvalue weighted by Gasteiger charge is -2.08. The highest BCUT2D eigenvalue weighted by Gasteiger charge is 2.14. The number of hydrogen-bond donors (Lipinski definition) is 1. The third kappa shape index (κ3) is 2.31. The summed E-state index contributed by atoms with van der Waals surface area (Å²) in [5.74, 6) is -0.359. The lowest BCUT2D eigenvalue weighted by atomic mass is 10.1. The monoisotopic (exact) mass is 256 g/mol. The van der Waals surface area contributed by atoms with E-state index >= 15 is 0 Å². The van der Waals surface area contributed by atoms with Gasteiger partial charge < -0.3 is 5.32 Å². The van der Waals surface area contributed by atoms with Crippen LogP contribution in [0.15, 0.2) is 29.1 Å². The summed E-state index contributed by atoms with van der Waals surface area (Å²) in [6.45, 7) is 0.171. The van der Waals surface area contributed by atoms with E-state index in [-0.39, 0.29) is 30.1 Å². The first-order valence-electron chi connectivity index (χ1n) is 5.78. The molecule has 0 radical (unpaired) electrons. The van der Waals surface area contributed by atoms with Crippen LogP contribution in [-0.2, 0) is 6.54 Å². The highest BCUT2D eigenvalue weighted by atomic mass is 16.2. The third-order valence-electron chi connectivity index (χ3n) is 2.75. The molecule has 0 spiro atoms. The molecule has 1 amide bonds. The minimum atomic E-state index is -0.359. The number of carbonyl (C=O) groups is 1. The van der Waals surface area contributed by atoms with Gasteiger partial charge >= 0.3 is 0 Å². The summed E-state index contributed by atoms with van der Waals surface area (Å²) in [7, 11) is 1.50. The van der Waals surface area contributed by atoms with E-state index in [1.54, 1.807) is 24.3 Å². The Bertz CT molecular complexity index is 727. The van der Waals surface area contributed by atoms with Crippen molar-refractivity contribution in [2.45, 2.75) is 13.0 Å². The molecular formula is C13H12N4O2. The first-order chi connectivity index (χ1) is 9.19. The Morgan fingerprint density at radius 1 is 1.42 bits per heavy atom. The zero-order chi connectivity index (χ0) is 13.8. The van der Waals surface area contributed by atoms with Gasteiger partial charge in [-0.05, 0) is 6.07 Å². The van der Waals surface area contributed by atoms with Gasteiger partial charge in [-0.3, -0.25) is 9.59 Å². The fraction of sp³-hybridized carbons (Fsp3) is 0.231. The van der Waals surface area contributed by atoms with Crippen molar-refractivity contribution >= 4 is 16.7 Å². The molecule has 1 heterocycles. The molecule has 2 rings (SSSR count). The topological polar surface area (TPSA) is 87.8 Å². The van der Waals surface area contributed by atoms with Crippen molar-refractivity contribution in [3.63, 3.8) is 0 Å². The van der Waals surface area contributed by atoms with Gasteiger partial charge in [-0.15, -0.1) is 0 Å². The average Bonchev–Trinajstić information content (AvgIpc) is 2.46. The molecule has 6 nitrogen and oxygen atoms in total. The second-order valence-corrected chi connectivity index (χ2v) is 3.91. The van der Waals surface area contributed by atoms with Gasteiger partial charge in [0.25, 0.3) is 11.5 Å². The van der Waals surface area contributed by atoms with Gasteiger partial charge in [-0.2, -0.15) is 10.4 Å². The number of hydrogen-bond acceptors (Lipinski definition) is 4. The van der Waals surface area contributed by atoms with Gasteiger partial charge in [0.2, 0.25) is 0 Å². The van der Waals surface area contributed by atoms with E-state index in [1.165, 1.54) is 7.05 Å². The van der Waals surface area contributed by atoms with Crippen LogP contribution in [-0.4, -0.2) is 22.7 Å².